The predicted octanol–water partition coefficient (Wildman–Crippen LogP) is 0.709. The van der Waals surface area contributed by atoms with Gasteiger partial charge >= 0.3 is 0 Å². The molecule has 0 spiro atoms. The Hall–Kier alpha value is -3.54. The lowest BCUT2D eigenvalue weighted by molar-refractivity contribution is 0.0945. The number of amides is 1. The number of aryl methyl sites for hydroxylation is 1. The minimum absolute atomic E-state index is 0.0709. The predicted molar refractivity (Wildman–Crippen MR) is 108 cm³/mol. The summed E-state index contributed by atoms with van der Waals surface area (Å²) in [6, 6.07) is 4.15. The highest BCUT2D eigenvalue weighted by Gasteiger charge is 2.27. The highest BCUT2D eigenvalue weighted by Crippen LogP contribution is 2.22. The van der Waals surface area contributed by atoms with Crippen LogP contribution in [0.15, 0.2) is 28.1 Å². The van der Waals surface area contributed by atoms with Gasteiger partial charge in [-0.15, -0.1) is 5.10 Å². The molecule has 4 heterocycles. The summed E-state index contributed by atoms with van der Waals surface area (Å²) in [6.45, 7) is 3.56. The summed E-state index contributed by atoms with van der Waals surface area (Å²) in [5, 5.41) is 19.6. The average Bonchev–Trinajstić information content (AvgIpc) is 3.44. The van der Waals surface area contributed by atoms with Crippen molar-refractivity contribution in [3.63, 3.8) is 0 Å². The normalized spacial score (nSPS) is 17.6. The minimum Gasteiger partial charge on any atom is -0.378 e. The Kier molecular flexibility index (Phi) is 5.57. The number of aromatic nitrogens is 6. The van der Waals surface area contributed by atoms with Crippen molar-refractivity contribution in [2.45, 2.75) is 38.8 Å². The molecule has 4 rings (SSSR count). The molecule has 0 bridgehead atoms. The van der Waals surface area contributed by atoms with Gasteiger partial charge in [0.05, 0.1) is 17.6 Å². The third-order valence-electron chi connectivity index (χ3n) is 5.31. The summed E-state index contributed by atoms with van der Waals surface area (Å²) in [7, 11) is 1.89. The van der Waals surface area contributed by atoms with Crippen LogP contribution in [0.25, 0.3) is 5.82 Å². The van der Waals surface area contributed by atoms with Gasteiger partial charge in [-0.2, -0.15) is 9.78 Å². The van der Waals surface area contributed by atoms with Crippen molar-refractivity contribution in [2.24, 2.45) is 12.1 Å². The second kappa shape index (κ2) is 8.45. The molecule has 0 unspecified atom stereocenters. The maximum atomic E-state index is 12.8. The van der Waals surface area contributed by atoms with Crippen LogP contribution in [0.5, 0.6) is 0 Å². The fraction of sp³-hybridized carbons (Fsp3) is 0.444. The van der Waals surface area contributed by atoms with Crippen LogP contribution in [0.2, 0.25) is 0 Å². The lowest BCUT2D eigenvalue weighted by Gasteiger charge is -2.33. The standard InChI is InChI=1S/C18H24N10O2/c1-12-6-3-4-9-27(12)11-14-15(21-25-28(14)17-16(19)23-30-24-17)18(29)22-20-10-13-7-5-8-26(13)2/h5,7-8,10,12H,3-4,6,9,11H2,1-2H3,(H2,19,23)(H,22,29)/b20-10+/t12-/m0/s1. The number of nitrogens with two attached hydrogens (primary N) is 1. The zero-order chi connectivity index (χ0) is 21.1. The average molecular weight is 412 g/mol. The van der Waals surface area contributed by atoms with Gasteiger partial charge in [0.25, 0.3) is 5.91 Å². The van der Waals surface area contributed by atoms with Gasteiger partial charge in [-0.25, -0.2) is 10.1 Å². The molecule has 3 aromatic rings. The first-order valence-corrected chi connectivity index (χ1v) is 9.76. The number of carbonyl (C=O) groups excluding carboxylic acids is 1. The number of nitrogen functional groups attached to an aromatic ring is 1. The Morgan fingerprint density at radius 2 is 2.30 bits per heavy atom. The van der Waals surface area contributed by atoms with Crippen LogP contribution in [0.4, 0.5) is 5.82 Å². The summed E-state index contributed by atoms with van der Waals surface area (Å²) in [4.78, 5) is 15.1. The van der Waals surface area contributed by atoms with Crippen molar-refractivity contribution in [3.05, 3.63) is 35.4 Å². The van der Waals surface area contributed by atoms with E-state index >= 15 is 0 Å². The summed E-state index contributed by atoms with van der Waals surface area (Å²) in [5.74, 6) is -0.198. The highest BCUT2D eigenvalue weighted by atomic mass is 16.6. The highest BCUT2D eigenvalue weighted by molar-refractivity contribution is 5.94. The molecular formula is C18H24N10O2. The van der Waals surface area contributed by atoms with Crippen LogP contribution in [-0.2, 0) is 13.6 Å². The van der Waals surface area contributed by atoms with Crippen LogP contribution < -0.4 is 11.2 Å². The molecule has 0 aromatic carbocycles. The number of rotatable bonds is 6. The van der Waals surface area contributed by atoms with E-state index in [0.717, 1.165) is 25.1 Å². The molecule has 0 saturated carbocycles. The Bertz CT molecular complexity index is 1050. The monoisotopic (exact) mass is 412 g/mol. The van der Waals surface area contributed by atoms with Gasteiger partial charge in [-0.05, 0) is 48.8 Å². The van der Waals surface area contributed by atoms with E-state index in [1.165, 1.54) is 11.1 Å². The van der Waals surface area contributed by atoms with Crippen molar-refractivity contribution in [2.75, 3.05) is 12.3 Å². The lowest BCUT2D eigenvalue weighted by atomic mass is 10.0. The van der Waals surface area contributed by atoms with Crippen LogP contribution in [0.3, 0.4) is 0 Å². The van der Waals surface area contributed by atoms with Crippen LogP contribution in [-0.4, -0.2) is 59.5 Å². The van der Waals surface area contributed by atoms with Gasteiger partial charge in [0.2, 0.25) is 11.6 Å². The van der Waals surface area contributed by atoms with Gasteiger partial charge < -0.3 is 10.3 Å². The summed E-state index contributed by atoms with van der Waals surface area (Å²) in [6.07, 6.45) is 6.84. The molecule has 1 aliphatic heterocycles. The molecule has 12 heteroatoms. The van der Waals surface area contributed by atoms with E-state index in [4.69, 9.17) is 10.4 Å². The Morgan fingerprint density at radius 3 is 3.00 bits per heavy atom. The Labute approximate surface area is 172 Å². The van der Waals surface area contributed by atoms with Crippen molar-refractivity contribution in [1.29, 1.82) is 0 Å². The third-order valence-corrected chi connectivity index (χ3v) is 5.31. The van der Waals surface area contributed by atoms with Crippen molar-refractivity contribution in [3.8, 4) is 5.82 Å². The largest absolute Gasteiger partial charge is 0.378 e. The van der Waals surface area contributed by atoms with Gasteiger partial charge in [0.1, 0.15) is 0 Å². The summed E-state index contributed by atoms with van der Waals surface area (Å²) < 4.78 is 7.99. The Balaban J connectivity index is 1.61. The van der Waals surface area contributed by atoms with Crippen LogP contribution in [0.1, 0.15) is 48.1 Å². The van der Waals surface area contributed by atoms with E-state index in [2.05, 4.69) is 43.0 Å². The molecule has 158 valence electrons. The van der Waals surface area contributed by atoms with E-state index in [1.54, 1.807) is 6.21 Å². The molecule has 1 fully saturated rings. The van der Waals surface area contributed by atoms with E-state index in [0.29, 0.717) is 18.3 Å². The smallest absolute Gasteiger partial charge is 0.293 e. The molecule has 1 aliphatic rings. The van der Waals surface area contributed by atoms with Gasteiger partial charge in [0.15, 0.2) is 5.69 Å². The zero-order valence-corrected chi connectivity index (χ0v) is 16.9. The number of anilines is 1. The van der Waals surface area contributed by atoms with Crippen LogP contribution >= 0.6 is 0 Å². The number of carbonyl (C=O) groups is 1. The maximum Gasteiger partial charge on any atom is 0.293 e. The second-order valence-electron chi connectivity index (χ2n) is 7.33. The number of hydrogen-bond acceptors (Lipinski definition) is 9. The third kappa shape index (κ3) is 3.94. The van der Waals surface area contributed by atoms with Gasteiger partial charge in [-0.3, -0.25) is 9.69 Å². The number of hydrogen-bond donors (Lipinski definition) is 2. The molecule has 12 nitrogen and oxygen atoms in total. The van der Waals surface area contributed by atoms with E-state index < -0.39 is 5.91 Å². The molecule has 1 amide bonds. The number of nitrogens with one attached hydrogen (secondary N) is 1. The first-order valence-electron chi connectivity index (χ1n) is 9.76. The lowest BCUT2D eigenvalue weighted by Crippen LogP contribution is -2.38. The molecule has 0 aliphatic carbocycles. The van der Waals surface area contributed by atoms with E-state index in [1.807, 2.05) is 29.9 Å². The Morgan fingerprint density at radius 1 is 1.43 bits per heavy atom. The van der Waals surface area contributed by atoms with Crippen molar-refractivity contribution in [1.82, 2.24) is 40.2 Å². The summed E-state index contributed by atoms with van der Waals surface area (Å²) in [5.41, 5.74) is 9.91. The molecule has 0 radical (unpaired) electrons. The molecule has 1 atom stereocenters. The number of hydrazone groups is 1. The maximum absolute atomic E-state index is 12.8. The quantitative estimate of drug-likeness (QED) is 0.445. The minimum atomic E-state index is -0.471. The first-order chi connectivity index (χ1) is 14.5. The molecule has 1 saturated heterocycles. The van der Waals surface area contributed by atoms with E-state index in [9.17, 15) is 4.79 Å². The fourth-order valence-corrected chi connectivity index (χ4v) is 3.53. The first kappa shape index (κ1) is 19.8. The molecule has 3 N–H and O–H groups in total. The SMILES string of the molecule is C[C@H]1CCCCN1Cc1c(C(=O)N/N=C/c2cccn2C)nnn1-c1nonc1N. The summed E-state index contributed by atoms with van der Waals surface area (Å²) >= 11 is 0. The van der Waals surface area contributed by atoms with E-state index in [-0.39, 0.29) is 17.3 Å². The fourth-order valence-electron chi connectivity index (χ4n) is 3.53. The van der Waals surface area contributed by atoms with Crippen LogP contribution in [0, 0.1) is 0 Å². The number of likely N-dealkylation sites (tertiary alicyclic amines) is 1. The number of nitrogens with zero attached hydrogens (tertiary/aromatic N) is 8. The van der Waals surface area contributed by atoms with Gasteiger partial charge in [-0.1, -0.05) is 11.6 Å². The molecular weight excluding hydrogens is 388 g/mol. The molecule has 3 aromatic heterocycles. The molecule has 30 heavy (non-hydrogen) atoms. The van der Waals surface area contributed by atoms with Crippen molar-refractivity contribution < 1.29 is 9.42 Å². The van der Waals surface area contributed by atoms with Crippen molar-refractivity contribution >= 4 is 17.9 Å². The van der Waals surface area contributed by atoms with Gasteiger partial charge in [0, 0.05) is 25.8 Å². The topological polar surface area (TPSA) is 145 Å². The second-order valence-corrected chi connectivity index (χ2v) is 7.33. The zero-order valence-electron chi connectivity index (χ0n) is 16.9. The number of piperidine rings is 1.